The minimum absolute atomic E-state index is 0.480. The van der Waals surface area contributed by atoms with E-state index in [4.69, 9.17) is 0 Å². The van der Waals surface area contributed by atoms with Crippen LogP contribution in [0.4, 0.5) is 0 Å². The Labute approximate surface area is 116 Å². The van der Waals surface area contributed by atoms with Gasteiger partial charge in [0.1, 0.15) is 0 Å². The second kappa shape index (κ2) is 5.22. The first-order valence-electron chi connectivity index (χ1n) is 7.50. The molecule has 0 aromatic carbocycles. The molecule has 0 amide bonds. The van der Waals surface area contributed by atoms with Crippen molar-refractivity contribution in [2.24, 2.45) is 5.41 Å². The zero-order chi connectivity index (χ0) is 13.3. The molecule has 1 saturated carbocycles. The van der Waals surface area contributed by atoms with E-state index in [1.165, 1.54) is 43.6 Å². The number of hydrogen-bond donors (Lipinski definition) is 1. The van der Waals surface area contributed by atoms with Crippen LogP contribution in [0, 0.1) is 5.41 Å². The second-order valence-corrected chi connectivity index (χ2v) is 6.94. The van der Waals surface area contributed by atoms with Crippen LogP contribution in [0.15, 0.2) is 18.3 Å². The van der Waals surface area contributed by atoms with Gasteiger partial charge in [-0.1, -0.05) is 19.9 Å². The number of pyridine rings is 1. The first kappa shape index (κ1) is 13.1. The first-order valence-corrected chi connectivity index (χ1v) is 7.50. The van der Waals surface area contributed by atoms with Gasteiger partial charge in [-0.3, -0.25) is 9.88 Å². The fourth-order valence-corrected chi connectivity index (χ4v) is 2.79. The molecule has 3 heteroatoms. The molecule has 19 heavy (non-hydrogen) atoms. The van der Waals surface area contributed by atoms with Crippen molar-refractivity contribution in [2.45, 2.75) is 52.2 Å². The van der Waals surface area contributed by atoms with Crippen molar-refractivity contribution < 1.29 is 0 Å². The molecule has 0 unspecified atom stereocenters. The number of aromatic nitrogens is 1. The first-order chi connectivity index (χ1) is 9.11. The fourth-order valence-electron chi connectivity index (χ4n) is 2.79. The van der Waals surface area contributed by atoms with Crippen molar-refractivity contribution in [3.8, 4) is 0 Å². The van der Waals surface area contributed by atoms with Gasteiger partial charge in [0.05, 0.1) is 5.69 Å². The van der Waals surface area contributed by atoms with Gasteiger partial charge in [-0.25, -0.2) is 0 Å². The molecule has 2 aliphatic rings. The predicted octanol–water partition coefficient (Wildman–Crippen LogP) is 2.57. The molecule has 0 radical (unpaired) electrons. The Morgan fingerprint density at radius 2 is 2.21 bits per heavy atom. The van der Waals surface area contributed by atoms with Crippen molar-refractivity contribution in [1.82, 2.24) is 15.2 Å². The second-order valence-electron chi connectivity index (χ2n) is 6.94. The molecule has 104 valence electrons. The highest BCUT2D eigenvalue weighted by Gasteiger charge is 2.29. The van der Waals surface area contributed by atoms with Crippen LogP contribution in [0.3, 0.4) is 0 Å². The Morgan fingerprint density at radius 3 is 2.79 bits per heavy atom. The van der Waals surface area contributed by atoms with Crippen molar-refractivity contribution in [1.29, 1.82) is 0 Å². The van der Waals surface area contributed by atoms with Crippen LogP contribution in [0.25, 0.3) is 0 Å². The van der Waals surface area contributed by atoms with Gasteiger partial charge in [-0.2, -0.15) is 0 Å². The summed E-state index contributed by atoms with van der Waals surface area (Å²) in [5.41, 5.74) is 2.99. The van der Waals surface area contributed by atoms with Crippen molar-refractivity contribution >= 4 is 0 Å². The third kappa shape index (κ3) is 3.77. The van der Waals surface area contributed by atoms with Gasteiger partial charge < -0.3 is 5.32 Å². The number of rotatable bonds is 5. The van der Waals surface area contributed by atoms with Crippen LogP contribution in [-0.4, -0.2) is 29.0 Å². The van der Waals surface area contributed by atoms with Crippen molar-refractivity contribution in [2.75, 3.05) is 13.1 Å². The standard InChI is InChI=1S/C16H25N3/c1-16(2)7-8-19(12-16)11-15-4-3-13(10-18-15)9-17-14-5-6-14/h3-4,10,14,17H,5-9,11-12H2,1-2H3. The summed E-state index contributed by atoms with van der Waals surface area (Å²) in [4.78, 5) is 7.12. The lowest BCUT2D eigenvalue weighted by Crippen LogP contribution is -2.23. The van der Waals surface area contributed by atoms with Gasteiger partial charge in [-0.05, 0) is 42.9 Å². The third-order valence-corrected chi connectivity index (χ3v) is 4.20. The van der Waals surface area contributed by atoms with Crippen LogP contribution in [-0.2, 0) is 13.1 Å². The van der Waals surface area contributed by atoms with Crippen LogP contribution in [0.5, 0.6) is 0 Å². The lowest BCUT2D eigenvalue weighted by atomic mass is 9.93. The summed E-state index contributed by atoms with van der Waals surface area (Å²) in [5, 5.41) is 3.53. The highest BCUT2D eigenvalue weighted by atomic mass is 15.2. The van der Waals surface area contributed by atoms with Crippen LogP contribution < -0.4 is 5.32 Å². The highest BCUT2D eigenvalue weighted by molar-refractivity contribution is 5.14. The maximum atomic E-state index is 4.61. The van der Waals surface area contributed by atoms with E-state index >= 15 is 0 Å². The maximum absolute atomic E-state index is 4.61. The summed E-state index contributed by atoms with van der Waals surface area (Å²) >= 11 is 0. The van der Waals surface area contributed by atoms with Crippen molar-refractivity contribution in [3.63, 3.8) is 0 Å². The Bertz CT molecular complexity index is 420. The molecule has 0 atom stereocenters. The average molecular weight is 259 g/mol. The van der Waals surface area contributed by atoms with E-state index in [2.05, 4.69) is 41.2 Å². The van der Waals surface area contributed by atoms with Gasteiger partial charge >= 0.3 is 0 Å². The van der Waals surface area contributed by atoms with E-state index in [9.17, 15) is 0 Å². The van der Waals surface area contributed by atoms with Crippen molar-refractivity contribution in [3.05, 3.63) is 29.6 Å². The van der Waals surface area contributed by atoms with Gasteiger partial charge in [0.15, 0.2) is 0 Å². The van der Waals surface area contributed by atoms with Crippen LogP contribution >= 0.6 is 0 Å². The van der Waals surface area contributed by atoms with Gasteiger partial charge in [0.25, 0.3) is 0 Å². The van der Waals surface area contributed by atoms with E-state index in [1.807, 2.05) is 6.20 Å². The molecule has 3 rings (SSSR count). The molecule has 1 N–H and O–H groups in total. The summed E-state index contributed by atoms with van der Waals surface area (Å²) in [5.74, 6) is 0. The monoisotopic (exact) mass is 259 g/mol. The average Bonchev–Trinajstić information content (AvgIpc) is 3.14. The van der Waals surface area contributed by atoms with Crippen LogP contribution in [0.2, 0.25) is 0 Å². The minimum Gasteiger partial charge on any atom is -0.310 e. The molecule has 1 aromatic rings. The zero-order valence-electron chi connectivity index (χ0n) is 12.2. The Balaban J connectivity index is 1.51. The quantitative estimate of drug-likeness (QED) is 0.881. The third-order valence-electron chi connectivity index (χ3n) is 4.20. The van der Waals surface area contributed by atoms with Gasteiger partial charge in [-0.15, -0.1) is 0 Å². The summed E-state index contributed by atoms with van der Waals surface area (Å²) in [6, 6.07) is 5.18. The smallest absolute Gasteiger partial charge is 0.0544 e. The Kier molecular flexibility index (Phi) is 3.59. The van der Waals surface area contributed by atoms with E-state index in [0.717, 1.165) is 19.1 Å². The lowest BCUT2D eigenvalue weighted by molar-refractivity contribution is 0.281. The SMILES string of the molecule is CC1(C)CCN(Cc2ccc(CNC3CC3)cn2)C1. The summed E-state index contributed by atoms with van der Waals surface area (Å²) in [7, 11) is 0. The molecule has 1 aliphatic carbocycles. The van der Waals surface area contributed by atoms with Gasteiger partial charge in [0.2, 0.25) is 0 Å². The molecule has 1 aliphatic heterocycles. The molecule has 0 spiro atoms. The lowest BCUT2D eigenvalue weighted by Gasteiger charge is -2.19. The topological polar surface area (TPSA) is 28.2 Å². The largest absolute Gasteiger partial charge is 0.310 e. The van der Waals surface area contributed by atoms with E-state index < -0.39 is 0 Å². The number of nitrogens with one attached hydrogen (secondary N) is 1. The summed E-state index contributed by atoms with van der Waals surface area (Å²) < 4.78 is 0. The summed E-state index contributed by atoms with van der Waals surface area (Å²) in [6.07, 6.45) is 6.02. The zero-order valence-corrected chi connectivity index (χ0v) is 12.2. The van der Waals surface area contributed by atoms with E-state index in [1.54, 1.807) is 0 Å². The highest BCUT2D eigenvalue weighted by Crippen LogP contribution is 2.29. The maximum Gasteiger partial charge on any atom is 0.0544 e. The predicted molar refractivity (Wildman–Crippen MR) is 77.8 cm³/mol. The molecule has 0 bridgehead atoms. The van der Waals surface area contributed by atoms with E-state index in [-0.39, 0.29) is 0 Å². The summed E-state index contributed by atoms with van der Waals surface area (Å²) in [6.45, 7) is 9.08. The minimum atomic E-state index is 0.480. The molecule has 3 nitrogen and oxygen atoms in total. The molecule has 1 aromatic heterocycles. The molecular formula is C16H25N3. The Hall–Kier alpha value is -0.930. The van der Waals surface area contributed by atoms with E-state index in [0.29, 0.717) is 5.41 Å². The number of hydrogen-bond acceptors (Lipinski definition) is 3. The number of likely N-dealkylation sites (tertiary alicyclic amines) is 1. The number of nitrogens with zero attached hydrogens (tertiary/aromatic N) is 2. The molecule has 1 saturated heterocycles. The Morgan fingerprint density at radius 1 is 1.37 bits per heavy atom. The van der Waals surface area contributed by atoms with Crippen LogP contribution in [0.1, 0.15) is 44.4 Å². The normalized spacial score (nSPS) is 22.8. The molecule has 2 fully saturated rings. The fraction of sp³-hybridized carbons (Fsp3) is 0.688. The van der Waals surface area contributed by atoms with Gasteiger partial charge in [0, 0.05) is 31.9 Å². The molecular weight excluding hydrogens is 234 g/mol. The molecule has 2 heterocycles.